The van der Waals surface area contributed by atoms with Crippen LogP contribution in [0.2, 0.25) is 0 Å². The number of benzene rings is 3. The predicted octanol–water partition coefficient (Wildman–Crippen LogP) is 4.86. The van der Waals surface area contributed by atoms with Crippen molar-refractivity contribution in [2.75, 3.05) is 29.1 Å². The number of aromatic nitrogens is 2. The number of nitrogens with zero attached hydrogens (tertiary/aromatic N) is 3. The molecule has 5 rings (SSSR count). The van der Waals surface area contributed by atoms with E-state index in [9.17, 15) is 14.0 Å². The van der Waals surface area contributed by atoms with Crippen LogP contribution in [0.1, 0.15) is 12.8 Å². The highest BCUT2D eigenvalue weighted by Crippen LogP contribution is 2.24. The average Bonchev–Trinajstić information content (AvgIpc) is 3.39. The van der Waals surface area contributed by atoms with Crippen LogP contribution in [0.3, 0.4) is 0 Å². The van der Waals surface area contributed by atoms with Crippen molar-refractivity contribution in [1.82, 2.24) is 9.55 Å². The van der Waals surface area contributed by atoms with Gasteiger partial charge in [0.15, 0.2) is 5.16 Å². The number of halogens is 1. The van der Waals surface area contributed by atoms with Gasteiger partial charge in [-0.3, -0.25) is 14.2 Å². The van der Waals surface area contributed by atoms with Crippen molar-refractivity contribution in [2.45, 2.75) is 18.0 Å². The van der Waals surface area contributed by atoms with Gasteiger partial charge in [0.1, 0.15) is 5.82 Å². The standard InChI is InChI=1S/C26H23FN4O2S/c27-21-8-2-4-10-23(21)31-25(33)20-7-1-3-9-22(20)29-26(31)34-17-24(32)28-18-11-13-19(14-12-18)30-15-5-6-16-30/h1-4,7-14H,5-6,15-17H2,(H,28,32). The molecule has 0 radical (unpaired) electrons. The highest BCUT2D eigenvalue weighted by molar-refractivity contribution is 7.99. The number of amides is 1. The molecule has 0 aliphatic carbocycles. The van der Waals surface area contributed by atoms with Crippen LogP contribution in [-0.4, -0.2) is 34.3 Å². The number of thioether (sulfide) groups is 1. The van der Waals surface area contributed by atoms with Crippen LogP contribution in [-0.2, 0) is 4.79 Å². The number of hydrogen-bond donors (Lipinski definition) is 1. The van der Waals surface area contributed by atoms with E-state index in [0.29, 0.717) is 16.6 Å². The summed E-state index contributed by atoms with van der Waals surface area (Å²) in [4.78, 5) is 32.8. The SMILES string of the molecule is O=C(CSc1nc2ccccc2c(=O)n1-c1ccccc1F)Nc1ccc(N2CCCC2)cc1. The van der Waals surface area contributed by atoms with E-state index in [4.69, 9.17) is 0 Å². The lowest BCUT2D eigenvalue weighted by Crippen LogP contribution is -2.23. The third-order valence-corrected chi connectivity index (χ3v) is 6.73. The molecule has 1 amide bonds. The van der Waals surface area contributed by atoms with E-state index in [0.717, 1.165) is 30.5 Å². The number of rotatable bonds is 6. The summed E-state index contributed by atoms with van der Waals surface area (Å²) in [6, 6.07) is 20.8. The highest BCUT2D eigenvalue weighted by Gasteiger charge is 2.17. The Morgan fingerprint density at radius 1 is 0.971 bits per heavy atom. The van der Waals surface area contributed by atoms with E-state index < -0.39 is 5.82 Å². The van der Waals surface area contributed by atoms with E-state index in [1.807, 2.05) is 24.3 Å². The lowest BCUT2D eigenvalue weighted by atomic mass is 10.2. The molecule has 34 heavy (non-hydrogen) atoms. The smallest absolute Gasteiger partial charge is 0.266 e. The molecular formula is C26H23FN4O2S. The molecule has 2 heterocycles. The van der Waals surface area contributed by atoms with E-state index in [1.54, 1.807) is 36.4 Å². The zero-order chi connectivity index (χ0) is 23.5. The second-order valence-electron chi connectivity index (χ2n) is 8.08. The third kappa shape index (κ3) is 4.54. The van der Waals surface area contributed by atoms with Crippen LogP contribution in [0.15, 0.2) is 82.7 Å². The Labute approximate surface area is 200 Å². The quantitative estimate of drug-likeness (QED) is 0.320. The molecule has 4 aromatic rings. The Hall–Kier alpha value is -3.65. The predicted molar refractivity (Wildman–Crippen MR) is 135 cm³/mol. The molecule has 3 aromatic carbocycles. The lowest BCUT2D eigenvalue weighted by Gasteiger charge is -2.17. The van der Waals surface area contributed by atoms with Gasteiger partial charge in [-0.1, -0.05) is 36.0 Å². The van der Waals surface area contributed by atoms with E-state index in [1.165, 1.54) is 29.5 Å². The zero-order valence-electron chi connectivity index (χ0n) is 18.4. The first-order valence-corrected chi connectivity index (χ1v) is 12.1. The zero-order valence-corrected chi connectivity index (χ0v) is 19.2. The summed E-state index contributed by atoms with van der Waals surface area (Å²) in [7, 11) is 0. The van der Waals surface area contributed by atoms with Crippen molar-refractivity contribution in [3.63, 3.8) is 0 Å². The number of carbonyl (C=O) groups is 1. The summed E-state index contributed by atoms with van der Waals surface area (Å²) < 4.78 is 15.8. The van der Waals surface area contributed by atoms with Gasteiger partial charge < -0.3 is 10.2 Å². The van der Waals surface area contributed by atoms with E-state index in [-0.39, 0.29) is 28.1 Å². The van der Waals surface area contributed by atoms with Gasteiger partial charge in [-0.05, 0) is 61.4 Å². The van der Waals surface area contributed by atoms with Crippen LogP contribution >= 0.6 is 11.8 Å². The third-order valence-electron chi connectivity index (χ3n) is 5.79. The summed E-state index contributed by atoms with van der Waals surface area (Å²) >= 11 is 1.10. The van der Waals surface area contributed by atoms with Gasteiger partial charge in [0.2, 0.25) is 5.91 Å². The number of anilines is 2. The second-order valence-corrected chi connectivity index (χ2v) is 9.02. The van der Waals surface area contributed by atoms with Crippen LogP contribution in [0.4, 0.5) is 15.8 Å². The first kappa shape index (κ1) is 22.2. The summed E-state index contributed by atoms with van der Waals surface area (Å²) in [6.07, 6.45) is 2.41. The van der Waals surface area contributed by atoms with Crippen LogP contribution in [0.25, 0.3) is 16.6 Å². The summed E-state index contributed by atoms with van der Waals surface area (Å²) in [5.41, 5.74) is 2.08. The number of carbonyl (C=O) groups excluding carboxylic acids is 1. The molecule has 172 valence electrons. The molecule has 1 aromatic heterocycles. The number of nitrogens with one attached hydrogen (secondary N) is 1. The average molecular weight is 475 g/mol. The van der Waals surface area contributed by atoms with Crippen LogP contribution < -0.4 is 15.8 Å². The fraction of sp³-hybridized carbons (Fsp3) is 0.192. The number of fused-ring (bicyclic) bond motifs is 1. The Morgan fingerprint density at radius 2 is 1.68 bits per heavy atom. The van der Waals surface area contributed by atoms with Gasteiger partial charge in [0.25, 0.3) is 5.56 Å². The van der Waals surface area contributed by atoms with E-state index in [2.05, 4.69) is 15.2 Å². The van der Waals surface area contributed by atoms with Gasteiger partial charge >= 0.3 is 0 Å². The normalized spacial score (nSPS) is 13.4. The Kier molecular flexibility index (Phi) is 6.31. The van der Waals surface area contributed by atoms with Crippen molar-refractivity contribution >= 4 is 39.9 Å². The fourth-order valence-corrected chi connectivity index (χ4v) is 4.92. The molecule has 0 unspecified atom stereocenters. The maximum atomic E-state index is 14.6. The van der Waals surface area contributed by atoms with Crippen LogP contribution in [0.5, 0.6) is 0 Å². The summed E-state index contributed by atoms with van der Waals surface area (Å²) in [5.74, 6) is -0.750. The number of hydrogen-bond acceptors (Lipinski definition) is 5. The lowest BCUT2D eigenvalue weighted by molar-refractivity contribution is -0.113. The first-order chi connectivity index (χ1) is 16.6. The highest BCUT2D eigenvalue weighted by atomic mass is 32.2. The van der Waals surface area contributed by atoms with E-state index >= 15 is 0 Å². The maximum Gasteiger partial charge on any atom is 0.266 e. The molecule has 0 saturated carbocycles. The molecular weight excluding hydrogens is 451 g/mol. The molecule has 1 fully saturated rings. The van der Waals surface area contributed by atoms with Gasteiger partial charge in [-0.15, -0.1) is 0 Å². The molecule has 8 heteroatoms. The fourth-order valence-electron chi connectivity index (χ4n) is 4.11. The van der Waals surface area contributed by atoms with Crippen molar-refractivity contribution in [2.24, 2.45) is 0 Å². The second kappa shape index (κ2) is 9.69. The number of para-hydroxylation sites is 2. The molecule has 1 aliphatic rings. The first-order valence-electron chi connectivity index (χ1n) is 11.1. The van der Waals surface area contributed by atoms with Gasteiger partial charge in [-0.2, -0.15) is 0 Å². The summed E-state index contributed by atoms with van der Waals surface area (Å²) in [5, 5.41) is 3.53. The largest absolute Gasteiger partial charge is 0.372 e. The molecule has 0 spiro atoms. The van der Waals surface area contributed by atoms with Gasteiger partial charge in [-0.25, -0.2) is 9.37 Å². The van der Waals surface area contributed by atoms with Gasteiger partial charge in [0.05, 0.1) is 22.3 Å². The van der Waals surface area contributed by atoms with Crippen molar-refractivity contribution in [1.29, 1.82) is 0 Å². The van der Waals surface area contributed by atoms with Crippen LogP contribution in [0, 0.1) is 5.82 Å². The minimum Gasteiger partial charge on any atom is -0.372 e. The Morgan fingerprint density at radius 3 is 2.44 bits per heavy atom. The topological polar surface area (TPSA) is 67.2 Å². The summed E-state index contributed by atoms with van der Waals surface area (Å²) in [6.45, 7) is 2.12. The molecule has 1 saturated heterocycles. The van der Waals surface area contributed by atoms with Crippen molar-refractivity contribution in [3.8, 4) is 5.69 Å². The molecule has 0 atom stereocenters. The minimum absolute atomic E-state index is 0.0209. The maximum absolute atomic E-state index is 14.6. The monoisotopic (exact) mass is 474 g/mol. The van der Waals surface area contributed by atoms with Gasteiger partial charge in [0, 0.05) is 24.5 Å². The Bertz CT molecular complexity index is 1400. The molecule has 6 nitrogen and oxygen atoms in total. The van der Waals surface area contributed by atoms with Crippen molar-refractivity contribution in [3.05, 3.63) is 89.0 Å². The molecule has 1 aliphatic heterocycles. The Balaban J connectivity index is 1.37. The minimum atomic E-state index is -0.536. The van der Waals surface area contributed by atoms with Crippen molar-refractivity contribution < 1.29 is 9.18 Å². The molecule has 0 bridgehead atoms. The molecule has 1 N–H and O–H groups in total.